The van der Waals surface area contributed by atoms with Crippen molar-refractivity contribution >= 4 is 75.6 Å². The van der Waals surface area contributed by atoms with Gasteiger partial charge in [0.2, 0.25) is 5.71 Å². The lowest BCUT2D eigenvalue weighted by Crippen LogP contribution is -1.71. The zero-order chi connectivity index (χ0) is 30.9. The van der Waals surface area contributed by atoms with Crippen molar-refractivity contribution in [1.29, 1.82) is 0 Å². The molecule has 3 aromatic carbocycles. The second-order valence-corrected chi connectivity index (χ2v) is 10.4. The van der Waals surface area contributed by atoms with Gasteiger partial charge in [-0.3, -0.25) is 4.98 Å². The summed E-state index contributed by atoms with van der Waals surface area (Å²) in [4.78, 5) is 13.7. The van der Waals surface area contributed by atoms with Crippen molar-refractivity contribution < 1.29 is 8.83 Å². The highest BCUT2D eigenvalue weighted by Gasteiger charge is 2.06. The molecule has 0 atom stereocenters. The minimum absolute atomic E-state index is 0.712. The molecule has 0 aliphatic heterocycles. The predicted molar refractivity (Wildman–Crippen MR) is 188 cm³/mol. The average molecular weight is 598 g/mol. The van der Waals surface area contributed by atoms with E-state index in [4.69, 9.17) is 8.83 Å². The maximum absolute atomic E-state index is 5.64. The van der Waals surface area contributed by atoms with Crippen molar-refractivity contribution in [3.8, 4) is 0 Å². The second kappa shape index (κ2) is 14.4. The zero-order valence-corrected chi connectivity index (χ0v) is 26.4. The van der Waals surface area contributed by atoms with E-state index < -0.39 is 0 Å². The van der Waals surface area contributed by atoms with Crippen molar-refractivity contribution in [1.82, 2.24) is 15.0 Å². The van der Waals surface area contributed by atoms with Crippen LogP contribution in [-0.2, 0) is 0 Å². The molecule has 0 aliphatic rings. The van der Waals surface area contributed by atoms with Crippen LogP contribution in [0.2, 0.25) is 0 Å². The summed E-state index contributed by atoms with van der Waals surface area (Å²) < 4.78 is 12.5. The van der Waals surface area contributed by atoms with Crippen LogP contribution in [0.15, 0.2) is 131 Å². The van der Waals surface area contributed by atoms with Gasteiger partial charge in [-0.2, -0.15) is 0 Å². The fourth-order valence-corrected chi connectivity index (χ4v) is 5.91. The van der Waals surface area contributed by atoms with Crippen molar-refractivity contribution in [2.45, 2.75) is 34.6 Å². The van der Waals surface area contributed by atoms with E-state index in [0.29, 0.717) is 5.71 Å². The van der Waals surface area contributed by atoms with Gasteiger partial charge in [-0.1, -0.05) is 75.7 Å². The summed E-state index contributed by atoms with van der Waals surface area (Å²) in [5.74, 6) is 0. The lowest BCUT2D eigenvalue weighted by atomic mass is 10.1. The van der Waals surface area contributed by atoms with E-state index in [2.05, 4.69) is 64.3 Å². The van der Waals surface area contributed by atoms with Crippen molar-refractivity contribution in [3.05, 3.63) is 127 Å². The molecule has 0 unspecified atom stereocenters. The molecule has 0 bridgehead atoms. The smallest absolute Gasteiger partial charge is 0.227 e. The molecular formula is C38H35N3O2S. The van der Waals surface area contributed by atoms with E-state index in [1.807, 2.05) is 88.5 Å². The number of aryl methyl sites for hydroxylation is 1. The Morgan fingerprint density at radius 2 is 1.18 bits per heavy atom. The largest absolute Gasteiger partial charge is 0.454 e. The quantitative estimate of drug-likeness (QED) is 0.174. The number of rotatable bonds is 0. The number of pyridine rings is 3. The fraction of sp³-hybridized carbons (Fsp3) is 0.132. The summed E-state index contributed by atoms with van der Waals surface area (Å²) in [5.41, 5.74) is 4.64. The lowest BCUT2D eigenvalue weighted by molar-refractivity contribution is 0.654. The van der Waals surface area contributed by atoms with E-state index in [0.717, 1.165) is 37.7 Å². The SMILES string of the molecule is CC.CC.Cc1ccc2oc3cnccc3c2c1.c1ccc2c(c1)oc1ncccc12.c1ccc2c(c1)sc1ncccc12. The maximum Gasteiger partial charge on any atom is 0.227 e. The Bertz CT molecular complexity index is 2060. The fourth-order valence-electron chi connectivity index (χ4n) is 4.86. The van der Waals surface area contributed by atoms with Crippen LogP contribution in [0.4, 0.5) is 0 Å². The summed E-state index contributed by atoms with van der Waals surface area (Å²) in [5, 5.41) is 7.10. The first-order valence-electron chi connectivity index (χ1n) is 14.9. The topological polar surface area (TPSA) is 65.0 Å². The molecule has 0 fully saturated rings. The van der Waals surface area contributed by atoms with Gasteiger partial charge in [0, 0.05) is 55.6 Å². The third kappa shape index (κ3) is 6.31. The first kappa shape index (κ1) is 30.4. The van der Waals surface area contributed by atoms with Crippen LogP contribution >= 0.6 is 11.3 Å². The molecule has 0 saturated carbocycles. The highest BCUT2D eigenvalue weighted by atomic mass is 32.1. The number of thiophene rings is 1. The Kier molecular flexibility index (Phi) is 9.95. The van der Waals surface area contributed by atoms with Gasteiger partial charge < -0.3 is 8.83 Å². The highest BCUT2D eigenvalue weighted by molar-refractivity contribution is 7.25. The van der Waals surface area contributed by atoms with Gasteiger partial charge in [0.05, 0.1) is 6.20 Å². The number of para-hydroxylation sites is 1. The Morgan fingerprint density at radius 1 is 0.523 bits per heavy atom. The van der Waals surface area contributed by atoms with Gasteiger partial charge in [0.1, 0.15) is 16.0 Å². The number of fused-ring (bicyclic) bond motifs is 9. The Labute approximate surface area is 260 Å². The Hall–Kier alpha value is -5.07. The molecule has 0 spiro atoms. The van der Waals surface area contributed by atoms with Gasteiger partial charge in [-0.15, -0.1) is 11.3 Å². The van der Waals surface area contributed by atoms with Gasteiger partial charge >= 0.3 is 0 Å². The zero-order valence-electron chi connectivity index (χ0n) is 25.6. The number of hydrogen-bond donors (Lipinski definition) is 0. The highest BCUT2D eigenvalue weighted by Crippen LogP contribution is 2.32. The van der Waals surface area contributed by atoms with Gasteiger partial charge in [0.25, 0.3) is 0 Å². The normalized spacial score (nSPS) is 10.4. The molecule has 6 heterocycles. The predicted octanol–water partition coefficient (Wildman–Crippen LogP) is 11.8. The van der Waals surface area contributed by atoms with Crippen LogP contribution in [0.5, 0.6) is 0 Å². The lowest BCUT2D eigenvalue weighted by Gasteiger charge is -1.90. The van der Waals surface area contributed by atoms with Crippen LogP contribution < -0.4 is 0 Å². The molecule has 0 N–H and O–H groups in total. The molecule has 6 aromatic heterocycles. The molecule has 0 aliphatic carbocycles. The van der Waals surface area contributed by atoms with Crippen LogP contribution in [0.25, 0.3) is 64.3 Å². The molecule has 6 heteroatoms. The average Bonchev–Trinajstić information content (AvgIpc) is 3.78. The summed E-state index contributed by atoms with van der Waals surface area (Å²) >= 11 is 1.75. The minimum Gasteiger partial charge on any atom is -0.454 e. The molecule has 9 rings (SSSR count). The summed E-state index contributed by atoms with van der Waals surface area (Å²) in [7, 11) is 0. The third-order valence-corrected chi connectivity index (χ3v) is 7.83. The van der Waals surface area contributed by atoms with Crippen molar-refractivity contribution in [3.63, 3.8) is 0 Å². The van der Waals surface area contributed by atoms with E-state index >= 15 is 0 Å². The standard InChI is InChI=1S/C12H9NO.C11H7NO.C11H7NS.2C2H6/c1-8-2-3-11-10(6-8)9-4-5-13-7-12(9)14-11;2*1-2-6-10-8(4-1)9-5-3-7-12-11(9)13-10;2*1-2/h2-7H,1H3;2*1-7H;2*1-2H3. The van der Waals surface area contributed by atoms with Crippen LogP contribution in [-0.4, -0.2) is 15.0 Å². The van der Waals surface area contributed by atoms with E-state index in [-0.39, 0.29) is 0 Å². The second-order valence-electron chi connectivity index (χ2n) is 9.38. The van der Waals surface area contributed by atoms with E-state index in [1.165, 1.54) is 26.4 Å². The van der Waals surface area contributed by atoms with Gasteiger partial charge in [-0.25, -0.2) is 9.97 Å². The molecule has 0 amide bonds. The number of aromatic nitrogens is 3. The molecule has 220 valence electrons. The summed E-state index contributed by atoms with van der Waals surface area (Å²) in [6, 6.07) is 32.6. The summed E-state index contributed by atoms with van der Waals surface area (Å²) in [6.45, 7) is 10.1. The molecule has 0 saturated heterocycles. The van der Waals surface area contributed by atoms with Gasteiger partial charge in [0.15, 0.2) is 5.58 Å². The minimum atomic E-state index is 0.712. The third-order valence-electron chi connectivity index (χ3n) is 6.74. The molecule has 0 radical (unpaired) electrons. The number of furan rings is 2. The molecule has 5 nitrogen and oxygen atoms in total. The van der Waals surface area contributed by atoms with E-state index in [1.54, 1.807) is 29.9 Å². The van der Waals surface area contributed by atoms with E-state index in [9.17, 15) is 0 Å². The Morgan fingerprint density at radius 3 is 2.02 bits per heavy atom. The van der Waals surface area contributed by atoms with Crippen molar-refractivity contribution in [2.24, 2.45) is 0 Å². The van der Waals surface area contributed by atoms with Crippen LogP contribution in [0.1, 0.15) is 33.3 Å². The first-order valence-corrected chi connectivity index (χ1v) is 15.7. The maximum atomic E-state index is 5.64. The van der Waals surface area contributed by atoms with Gasteiger partial charge in [-0.05, 0) is 61.5 Å². The molecule has 9 aromatic rings. The van der Waals surface area contributed by atoms with Crippen molar-refractivity contribution in [2.75, 3.05) is 0 Å². The number of hydrogen-bond acceptors (Lipinski definition) is 6. The Balaban J connectivity index is 0.000000124. The van der Waals surface area contributed by atoms with Crippen LogP contribution in [0.3, 0.4) is 0 Å². The first-order chi connectivity index (χ1) is 21.7. The van der Waals surface area contributed by atoms with Crippen LogP contribution in [0, 0.1) is 6.92 Å². The summed E-state index contributed by atoms with van der Waals surface area (Å²) in [6.07, 6.45) is 7.13. The molecular weight excluding hydrogens is 563 g/mol. The number of nitrogens with zero attached hydrogens (tertiary/aromatic N) is 3. The monoisotopic (exact) mass is 597 g/mol. The number of benzene rings is 3. The molecule has 44 heavy (non-hydrogen) atoms.